The van der Waals surface area contributed by atoms with Gasteiger partial charge in [-0.3, -0.25) is 19.2 Å². The maximum atomic E-state index is 12.4. The lowest BCUT2D eigenvalue weighted by molar-refractivity contribution is -0.162. The highest BCUT2D eigenvalue weighted by atomic mass is 16.6. The number of aliphatic hydroxyl groups excluding tert-OH is 2. The molecule has 0 aromatic carbocycles. The molecule has 4 aliphatic carbocycles. The highest BCUT2D eigenvalue weighted by Crippen LogP contribution is 2.46. The Kier molecular flexibility index (Phi) is 16.0. The van der Waals surface area contributed by atoms with Gasteiger partial charge in [-0.25, -0.2) is 0 Å². The molecule has 0 unspecified atom stereocenters. The van der Waals surface area contributed by atoms with Gasteiger partial charge in [0, 0.05) is 24.7 Å². The second-order valence-electron chi connectivity index (χ2n) is 17.5. The molecule has 0 radical (unpaired) electrons. The second-order valence-corrected chi connectivity index (χ2v) is 17.5. The quantitative estimate of drug-likeness (QED) is 0.148. The zero-order chi connectivity index (χ0) is 40.5. The fourth-order valence-electron chi connectivity index (χ4n) is 9.60. The molecular weight excluding hydrogens is 712 g/mol. The summed E-state index contributed by atoms with van der Waals surface area (Å²) in [5.74, 6) is 0.851. The van der Waals surface area contributed by atoms with Crippen molar-refractivity contribution in [1.82, 2.24) is 0 Å². The SMILES string of the molecule is CC[C@H](C)C(=O)O[C@H]1CCC=C2C=C[C@H](C)[C@H](CC[C@@H]3C[C@@H](O)CC(=O)O3)[C@H]21.CC[C@H](C)C(=O)O[C@H]1CCC=C2C=C[C@H](C)[C@H](CC[C@@H]3C[C@@H](O)CC(=O)O3)[C@H]21. The van der Waals surface area contributed by atoms with E-state index >= 15 is 0 Å². The van der Waals surface area contributed by atoms with Gasteiger partial charge >= 0.3 is 23.9 Å². The second kappa shape index (κ2) is 20.4. The lowest BCUT2D eigenvalue weighted by Crippen LogP contribution is -2.40. The number of cyclic esters (lactones) is 2. The molecule has 2 fully saturated rings. The Hall–Kier alpha value is -3.24. The largest absolute Gasteiger partial charge is 0.462 e. The first-order valence-electron chi connectivity index (χ1n) is 21.7. The summed E-state index contributed by atoms with van der Waals surface area (Å²) in [6, 6.07) is 0. The Bertz CT molecular complexity index is 1380. The maximum Gasteiger partial charge on any atom is 0.308 e. The Balaban J connectivity index is 0.000000214. The van der Waals surface area contributed by atoms with Gasteiger partial charge in [0.25, 0.3) is 0 Å². The van der Waals surface area contributed by atoms with Crippen LogP contribution in [0.25, 0.3) is 0 Å². The topological polar surface area (TPSA) is 146 Å². The first kappa shape index (κ1) is 43.9. The summed E-state index contributed by atoms with van der Waals surface area (Å²) in [4.78, 5) is 48.1. The van der Waals surface area contributed by atoms with Crippen molar-refractivity contribution in [2.75, 3.05) is 0 Å². The summed E-state index contributed by atoms with van der Waals surface area (Å²) in [6.45, 7) is 12.3. The van der Waals surface area contributed by atoms with Gasteiger partial charge in [-0.1, -0.05) is 78.0 Å². The molecule has 0 amide bonds. The Morgan fingerprint density at radius 1 is 0.696 bits per heavy atom. The molecular formula is C46H68O10. The van der Waals surface area contributed by atoms with Crippen LogP contribution in [-0.2, 0) is 38.1 Å². The van der Waals surface area contributed by atoms with Crippen molar-refractivity contribution in [1.29, 1.82) is 0 Å². The number of fused-ring (bicyclic) bond motifs is 2. The van der Waals surface area contributed by atoms with E-state index in [4.69, 9.17) is 18.9 Å². The standard InChI is InChI=1S/2C23H34O5/c2*1-4-14(2)23(26)28-20-7-5-6-16-9-8-15(3)19(22(16)20)11-10-18-12-17(24)13-21(25)27-18/h2*6,8-9,14-15,17-20,22,24H,4-5,7,10-13H2,1-3H3/t2*14-,15-,17+,18+,19-,20-,22-/m00/s1. The summed E-state index contributed by atoms with van der Waals surface area (Å²) in [6.07, 6.45) is 21.3. The number of ether oxygens (including phenoxy) is 4. The van der Waals surface area contributed by atoms with Crippen LogP contribution in [0.5, 0.6) is 0 Å². The minimum atomic E-state index is -0.593. The molecule has 14 atom stereocenters. The van der Waals surface area contributed by atoms with Gasteiger partial charge in [0.05, 0.1) is 36.9 Å². The molecule has 0 aromatic heterocycles. The van der Waals surface area contributed by atoms with Crippen LogP contribution in [-0.4, -0.2) is 70.7 Å². The molecule has 312 valence electrons. The van der Waals surface area contributed by atoms with Crippen molar-refractivity contribution in [2.45, 2.75) is 168 Å². The van der Waals surface area contributed by atoms with E-state index in [9.17, 15) is 29.4 Å². The predicted octanol–water partition coefficient (Wildman–Crippen LogP) is 7.90. The first-order chi connectivity index (χ1) is 26.8. The third kappa shape index (κ3) is 11.5. The molecule has 10 heteroatoms. The average molecular weight is 781 g/mol. The average Bonchev–Trinajstić information content (AvgIpc) is 3.16. The van der Waals surface area contributed by atoms with Gasteiger partial charge in [0.1, 0.15) is 24.4 Å². The molecule has 0 bridgehead atoms. The highest BCUT2D eigenvalue weighted by Gasteiger charge is 2.42. The summed E-state index contributed by atoms with van der Waals surface area (Å²) < 4.78 is 22.8. The fraction of sp³-hybridized carbons (Fsp3) is 0.739. The predicted molar refractivity (Wildman–Crippen MR) is 213 cm³/mol. The first-order valence-corrected chi connectivity index (χ1v) is 21.7. The van der Waals surface area contributed by atoms with E-state index in [1.807, 2.05) is 27.7 Å². The van der Waals surface area contributed by atoms with Crippen LogP contribution in [0.1, 0.15) is 131 Å². The lowest BCUT2D eigenvalue weighted by Gasteiger charge is -2.42. The van der Waals surface area contributed by atoms with E-state index in [2.05, 4.69) is 50.3 Å². The van der Waals surface area contributed by atoms with Crippen LogP contribution in [0.3, 0.4) is 0 Å². The summed E-state index contributed by atoms with van der Waals surface area (Å²) in [7, 11) is 0. The van der Waals surface area contributed by atoms with Crippen molar-refractivity contribution < 1.29 is 48.3 Å². The number of aliphatic hydroxyl groups is 2. The van der Waals surface area contributed by atoms with Crippen LogP contribution >= 0.6 is 0 Å². The number of rotatable bonds is 12. The molecule has 2 N–H and O–H groups in total. The molecule has 0 spiro atoms. The molecule has 2 aliphatic heterocycles. The monoisotopic (exact) mass is 780 g/mol. The van der Waals surface area contributed by atoms with Crippen LogP contribution < -0.4 is 0 Å². The van der Waals surface area contributed by atoms with Gasteiger partial charge in [-0.15, -0.1) is 0 Å². The Morgan fingerprint density at radius 3 is 1.45 bits per heavy atom. The van der Waals surface area contributed by atoms with Gasteiger partial charge < -0.3 is 29.2 Å². The molecule has 2 saturated heterocycles. The Labute approximate surface area is 334 Å². The minimum Gasteiger partial charge on any atom is -0.462 e. The summed E-state index contributed by atoms with van der Waals surface area (Å²) >= 11 is 0. The van der Waals surface area contributed by atoms with Crippen LogP contribution in [0.2, 0.25) is 0 Å². The van der Waals surface area contributed by atoms with Crippen LogP contribution in [0.15, 0.2) is 47.6 Å². The Morgan fingerprint density at radius 2 is 1.09 bits per heavy atom. The van der Waals surface area contributed by atoms with E-state index in [1.54, 1.807) is 0 Å². The van der Waals surface area contributed by atoms with E-state index in [1.165, 1.54) is 11.1 Å². The van der Waals surface area contributed by atoms with E-state index in [0.29, 0.717) is 36.5 Å². The van der Waals surface area contributed by atoms with Crippen molar-refractivity contribution in [2.24, 2.45) is 47.3 Å². The van der Waals surface area contributed by atoms with Crippen molar-refractivity contribution in [3.8, 4) is 0 Å². The number of carbonyl (C=O) groups excluding carboxylic acids is 4. The van der Waals surface area contributed by atoms with Crippen molar-refractivity contribution in [3.63, 3.8) is 0 Å². The smallest absolute Gasteiger partial charge is 0.308 e. The molecule has 0 aromatic rings. The highest BCUT2D eigenvalue weighted by molar-refractivity contribution is 5.73. The maximum absolute atomic E-state index is 12.4. The molecule has 6 aliphatic rings. The number of carbonyl (C=O) groups is 4. The van der Waals surface area contributed by atoms with E-state index < -0.39 is 12.2 Å². The third-order valence-electron chi connectivity index (χ3n) is 13.4. The molecule has 2 heterocycles. The normalized spacial score (nSPS) is 36.1. The molecule has 6 rings (SSSR count). The van der Waals surface area contributed by atoms with Crippen molar-refractivity contribution >= 4 is 23.9 Å². The number of hydrogen-bond acceptors (Lipinski definition) is 10. The van der Waals surface area contributed by atoms with E-state index in [-0.39, 0.29) is 84.8 Å². The lowest BCUT2D eigenvalue weighted by atomic mass is 9.66. The van der Waals surface area contributed by atoms with Gasteiger partial charge in [-0.05, 0) is 99.0 Å². The van der Waals surface area contributed by atoms with Crippen LogP contribution in [0, 0.1) is 47.3 Å². The van der Waals surface area contributed by atoms with Crippen LogP contribution in [0.4, 0.5) is 0 Å². The molecule has 0 saturated carbocycles. The number of hydrogen-bond donors (Lipinski definition) is 2. The molecule has 10 nitrogen and oxygen atoms in total. The molecule has 56 heavy (non-hydrogen) atoms. The number of allylic oxidation sites excluding steroid dienone is 6. The summed E-state index contributed by atoms with van der Waals surface area (Å²) in [5, 5.41) is 19.7. The van der Waals surface area contributed by atoms with Gasteiger partial charge in [0.15, 0.2) is 0 Å². The summed E-state index contributed by atoms with van der Waals surface area (Å²) in [5.41, 5.74) is 2.55. The number of esters is 4. The van der Waals surface area contributed by atoms with Gasteiger partial charge in [0.2, 0.25) is 0 Å². The third-order valence-corrected chi connectivity index (χ3v) is 13.4. The zero-order valence-electron chi connectivity index (χ0n) is 34.6. The minimum absolute atomic E-state index is 0.0764. The van der Waals surface area contributed by atoms with E-state index in [0.717, 1.165) is 64.2 Å². The van der Waals surface area contributed by atoms with Gasteiger partial charge in [-0.2, -0.15) is 0 Å². The fourth-order valence-corrected chi connectivity index (χ4v) is 9.60. The van der Waals surface area contributed by atoms with Crippen molar-refractivity contribution in [3.05, 3.63) is 47.6 Å². The zero-order valence-corrected chi connectivity index (χ0v) is 34.6.